The van der Waals surface area contributed by atoms with Crippen molar-refractivity contribution in [2.45, 2.75) is 0 Å². The van der Waals surface area contributed by atoms with Crippen LogP contribution in [0.5, 0.6) is 17.2 Å². The van der Waals surface area contributed by atoms with Crippen molar-refractivity contribution < 1.29 is 19.0 Å². The summed E-state index contributed by atoms with van der Waals surface area (Å²) in [6.07, 6.45) is 0. The number of methoxy groups -OCH3 is 2. The maximum Gasteiger partial charge on any atom is 0.165 e. The molecule has 94 valence electrons. The SMILES string of the molecule is COc1ccc(OC)c(-c2ccc(O)c(F)c2)c1. The molecule has 0 saturated carbocycles. The minimum Gasteiger partial charge on any atom is -0.505 e. The molecule has 3 nitrogen and oxygen atoms in total. The van der Waals surface area contributed by atoms with E-state index in [2.05, 4.69) is 0 Å². The molecule has 0 amide bonds. The molecule has 2 aromatic carbocycles. The molecule has 0 atom stereocenters. The van der Waals surface area contributed by atoms with Crippen molar-refractivity contribution in [1.29, 1.82) is 0 Å². The number of halogens is 1. The van der Waals surface area contributed by atoms with Gasteiger partial charge in [0.2, 0.25) is 0 Å². The van der Waals surface area contributed by atoms with Gasteiger partial charge in [0.25, 0.3) is 0 Å². The van der Waals surface area contributed by atoms with E-state index >= 15 is 0 Å². The van der Waals surface area contributed by atoms with Crippen LogP contribution in [0.4, 0.5) is 4.39 Å². The Morgan fingerprint density at radius 3 is 2.39 bits per heavy atom. The number of aromatic hydroxyl groups is 1. The minimum atomic E-state index is -0.669. The summed E-state index contributed by atoms with van der Waals surface area (Å²) in [6, 6.07) is 9.45. The second-order valence-electron chi connectivity index (χ2n) is 3.73. The average Bonchev–Trinajstić information content (AvgIpc) is 2.41. The van der Waals surface area contributed by atoms with Gasteiger partial charge in [-0.2, -0.15) is 0 Å². The lowest BCUT2D eigenvalue weighted by atomic mass is 10.0. The molecule has 0 bridgehead atoms. The third-order valence-corrected chi connectivity index (χ3v) is 2.67. The van der Waals surface area contributed by atoms with Gasteiger partial charge >= 0.3 is 0 Å². The molecule has 0 aliphatic heterocycles. The van der Waals surface area contributed by atoms with Crippen LogP contribution < -0.4 is 9.47 Å². The van der Waals surface area contributed by atoms with Crippen LogP contribution in [0.25, 0.3) is 11.1 Å². The Labute approximate surface area is 104 Å². The van der Waals surface area contributed by atoms with E-state index in [9.17, 15) is 9.50 Å². The number of phenols is 1. The molecular weight excluding hydrogens is 235 g/mol. The van der Waals surface area contributed by atoms with Gasteiger partial charge in [-0.3, -0.25) is 0 Å². The largest absolute Gasteiger partial charge is 0.505 e. The maximum absolute atomic E-state index is 13.4. The first-order chi connectivity index (χ1) is 8.65. The predicted molar refractivity (Wildman–Crippen MR) is 66.6 cm³/mol. The summed E-state index contributed by atoms with van der Waals surface area (Å²) in [7, 11) is 3.10. The summed E-state index contributed by atoms with van der Waals surface area (Å²) in [5, 5.41) is 9.19. The molecule has 1 N–H and O–H groups in total. The fraction of sp³-hybridized carbons (Fsp3) is 0.143. The van der Waals surface area contributed by atoms with Gasteiger partial charge in [-0.15, -0.1) is 0 Å². The van der Waals surface area contributed by atoms with Gasteiger partial charge in [0.1, 0.15) is 11.5 Å². The predicted octanol–water partition coefficient (Wildman–Crippen LogP) is 3.22. The van der Waals surface area contributed by atoms with Gasteiger partial charge in [-0.1, -0.05) is 6.07 Å². The highest BCUT2D eigenvalue weighted by Gasteiger charge is 2.10. The van der Waals surface area contributed by atoms with Gasteiger partial charge in [0.05, 0.1) is 14.2 Å². The second-order valence-corrected chi connectivity index (χ2v) is 3.73. The Bertz CT molecular complexity index is 567. The highest BCUT2D eigenvalue weighted by Crippen LogP contribution is 2.34. The molecule has 0 aromatic heterocycles. The highest BCUT2D eigenvalue weighted by molar-refractivity contribution is 5.72. The fourth-order valence-electron chi connectivity index (χ4n) is 1.71. The molecule has 0 spiro atoms. The van der Waals surface area contributed by atoms with E-state index in [0.29, 0.717) is 22.6 Å². The van der Waals surface area contributed by atoms with Gasteiger partial charge in [0.15, 0.2) is 11.6 Å². The van der Waals surface area contributed by atoms with Crippen LogP contribution in [-0.4, -0.2) is 19.3 Å². The molecule has 18 heavy (non-hydrogen) atoms. The van der Waals surface area contributed by atoms with E-state index in [1.165, 1.54) is 12.1 Å². The van der Waals surface area contributed by atoms with E-state index in [-0.39, 0.29) is 5.75 Å². The smallest absolute Gasteiger partial charge is 0.165 e. The first-order valence-electron chi connectivity index (χ1n) is 5.36. The van der Waals surface area contributed by atoms with E-state index in [1.54, 1.807) is 38.5 Å². The molecule has 0 unspecified atom stereocenters. The van der Waals surface area contributed by atoms with Crippen LogP contribution in [0.15, 0.2) is 36.4 Å². The quantitative estimate of drug-likeness (QED) is 0.906. The van der Waals surface area contributed by atoms with E-state index in [0.717, 1.165) is 0 Å². The highest BCUT2D eigenvalue weighted by atomic mass is 19.1. The topological polar surface area (TPSA) is 38.7 Å². The molecule has 0 saturated heterocycles. The monoisotopic (exact) mass is 248 g/mol. The van der Waals surface area contributed by atoms with Crippen LogP contribution in [0.3, 0.4) is 0 Å². The maximum atomic E-state index is 13.4. The molecule has 2 rings (SSSR count). The molecular formula is C14H13FO3. The molecule has 0 heterocycles. The Balaban J connectivity index is 2.57. The lowest BCUT2D eigenvalue weighted by Crippen LogP contribution is -1.91. The van der Waals surface area contributed by atoms with Gasteiger partial charge in [-0.25, -0.2) is 4.39 Å². The van der Waals surface area contributed by atoms with Crippen LogP contribution in [0.1, 0.15) is 0 Å². The summed E-state index contributed by atoms with van der Waals surface area (Å²) in [4.78, 5) is 0. The van der Waals surface area contributed by atoms with Crippen molar-refractivity contribution in [1.82, 2.24) is 0 Å². The van der Waals surface area contributed by atoms with Gasteiger partial charge < -0.3 is 14.6 Å². The summed E-state index contributed by atoms with van der Waals surface area (Å²) in [5.41, 5.74) is 1.32. The summed E-state index contributed by atoms with van der Waals surface area (Å²) >= 11 is 0. The first kappa shape index (κ1) is 12.2. The minimum absolute atomic E-state index is 0.374. The van der Waals surface area contributed by atoms with Crippen molar-refractivity contribution in [2.75, 3.05) is 14.2 Å². The molecule has 0 aliphatic carbocycles. The fourth-order valence-corrected chi connectivity index (χ4v) is 1.71. The van der Waals surface area contributed by atoms with E-state index in [1.807, 2.05) is 0 Å². The standard InChI is InChI=1S/C14H13FO3/c1-17-10-4-6-14(18-2)11(8-10)9-3-5-13(16)12(15)7-9/h3-8,16H,1-2H3. The Hall–Kier alpha value is -2.23. The van der Waals surface area contributed by atoms with Gasteiger partial charge in [-0.05, 0) is 35.9 Å². The molecule has 0 aliphatic rings. The number of hydrogen-bond acceptors (Lipinski definition) is 3. The number of phenolic OH excluding ortho intramolecular Hbond substituents is 1. The molecule has 0 fully saturated rings. The molecule has 0 radical (unpaired) electrons. The molecule has 4 heteroatoms. The zero-order chi connectivity index (χ0) is 13.1. The number of hydrogen-bond donors (Lipinski definition) is 1. The van der Waals surface area contributed by atoms with Crippen molar-refractivity contribution >= 4 is 0 Å². The normalized spacial score (nSPS) is 10.2. The van der Waals surface area contributed by atoms with Crippen molar-refractivity contribution in [3.8, 4) is 28.4 Å². The average molecular weight is 248 g/mol. The van der Waals surface area contributed by atoms with Crippen LogP contribution in [-0.2, 0) is 0 Å². The van der Waals surface area contributed by atoms with Crippen molar-refractivity contribution in [2.24, 2.45) is 0 Å². The summed E-state index contributed by atoms with van der Waals surface area (Å²) in [5.74, 6) is 0.221. The lowest BCUT2D eigenvalue weighted by molar-refractivity contribution is 0.404. The third-order valence-electron chi connectivity index (χ3n) is 2.67. The second kappa shape index (κ2) is 4.96. The summed E-state index contributed by atoms with van der Waals surface area (Å²) < 4.78 is 23.7. The van der Waals surface area contributed by atoms with Crippen LogP contribution in [0.2, 0.25) is 0 Å². The number of rotatable bonds is 3. The zero-order valence-corrected chi connectivity index (χ0v) is 10.1. The van der Waals surface area contributed by atoms with Crippen LogP contribution >= 0.6 is 0 Å². The Morgan fingerprint density at radius 1 is 1.00 bits per heavy atom. The van der Waals surface area contributed by atoms with Crippen molar-refractivity contribution in [3.63, 3.8) is 0 Å². The van der Waals surface area contributed by atoms with Crippen LogP contribution in [0, 0.1) is 5.82 Å². The Morgan fingerprint density at radius 2 is 1.78 bits per heavy atom. The van der Waals surface area contributed by atoms with E-state index in [4.69, 9.17) is 9.47 Å². The Kier molecular flexibility index (Phi) is 3.37. The number of benzene rings is 2. The van der Waals surface area contributed by atoms with E-state index < -0.39 is 5.82 Å². The molecule has 2 aromatic rings. The third kappa shape index (κ3) is 2.22. The first-order valence-corrected chi connectivity index (χ1v) is 5.36. The zero-order valence-electron chi connectivity index (χ0n) is 10.1. The number of ether oxygens (including phenoxy) is 2. The van der Waals surface area contributed by atoms with Crippen molar-refractivity contribution in [3.05, 3.63) is 42.2 Å². The summed E-state index contributed by atoms with van der Waals surface area (Å²) in [6.45, 7) is 0. The van der Waals surface area contributed by atoms with Gasteiger partial charge in [0, 0.05) is 5.56 Å². The lowest BCUT2D eigenvalue weighted by Gasteiger charge is -2.11.